The molecule has 0 saturated carbocycles. The number of hydrogen-bond acceptors (Lipinski definition) is 2. The molecule has 0 saturated heterocycles. The first-order chi connectivity index (χ1) is 6.42. The van der Waals surface area contributed by atoms with Gasteiger partial charge in [-0.15, -0.1) is 0 Å². The van der Waals surface area contributed by atoms with Gasteiger partial charge < -0.3 is 4.43 Å². The van der Waals surface area contributed by atoms with Crippen molar-refractivity contribution in [3.63, 3.8) is 0 Å². The Morgan fingerprint density at radius 2 is 1.71 bits per heavy atom. The fraction of sp³-hybridized carbons (Fsp3) is 0.364. The van der Waals surface area contributed by atoms with E-state index in [9.17, 15) is 4.79 Å². The van der Waals surface area contributed by atoms with Crippen LogP contribution in [0.5, 0.6) is 0 Å². The van der Waals surface area contributed by atoms with Gasteiger partial charge in [-0.3, -0.25) is 4.79 Å². The van der Waals surface area contributed by atoms with E-state index >= 15 is 0 Å². The van der Waals surface area contributed by atoms with Gasteiger partial charge >= 0.3 is 0 Å². The van der Waals surface area contributed by atoms with E-state index in [1.54, 1.807) is 0 Å². The third-order valence-electron chi connectivity index (χ3n) is 2.15. The van der Waals surface area contributed by atoms with Crippen LogP contribution >= 0.6 is 0 Å². The summed E-state index contributed by atoms with van der Waals surface area (Å²) in [7, 11) is -2.01. The van der Waals surface area contributed by atoms with E-state index < -0.39 is 8.32 Å². The highest BCUT2D eigenvalue weighted by molar-refractivity contribution is 6.85. The Balaban J connectivity index is 2.91. The van der Waals surface area contributed by atoms with E-state index in [0.717, 1.165) is 5.19 Å². The number of rotatable bonds is 2. The fourth-order valence-corrected chi connectivity index (χ4v) is 3.18. The maximum Gasteiger partial charge on any atom is 0.289 e. The van der Waals surface area contributed by atoms with Crippen LogP contribution in [0.3, 0.4) is 0 Å². The molecule has 0 heterocycles. The highest BCUT2D eigenvalue weighted by atomic mass is 28.4. The number of aryl methyl sites for hydroxylation is 1. The fourth-order valence-electron chi connectivity index (χ4n) is 1.37. The van der Waals surface area contributed by atoms with Gasteiger partial charge in [0.2, 0.25) is 0 Å². The molecule has 0 amide bonds. The van der Waals surface area contributed by atoms with Gasteiger partial charge in [-0.25, -0.2) is 0 Å². The van der Waals surface area contributed by atoms with Gasteiger partial charge in [-0.05, 0) is 25.2 Å². The first kappa shape index (κ1) is 11.0. The summed E-state index contributed by atoms with van der Waals surface area (Å²) in [5.41, 5.74) is 1.22. The minimum atomic E-state index is -2.01. The highest BCUT2D eigenvalue weighted by Crippen LogP contribution is 2.06. The second kappa shape index (κ2) is 3.96. The lowest BCUT2D eigenvalue weighted by atomic mass is 10.2. The quantitative estimate of drug-likeness (QED) is 0.695. The SMILES string of the molecule is CC(=O)O[Si](C)(C)c1ccc(C)cc1. The molecule has 3 heteroatoms. The van der Waals surface area contributed by atoms with Crippen molar-refractivity contribution in [2.75, 3.05) is 0 Å². The molecule has 0 aromatic heterocycles. The first-order valence-electron chi connectivity index (χ1n) is 4.68. The summed E-state index contributed by atoms with van der Waals surface area (Å²) < 4.78 is 5.36. The van der Waals surface area contributed by atoms with Crippen molar-refractivity contribution in [3.05, 3.63) is 29.8 Å². The molecule has 0 unspecified atom stereocenters. The average Bonchev–Trinajstić information content (AvgIpc) is 2.02. The molecule has 1 rings (SSSR count). The molecule has 0 aliphatic carbocycles. The Hall–Kier alpha value is -1.09. The van der Waals surface area contributed by atoms with Gasteiger partial charge in [0, 0.05) is 6.92 Å². The molecule has 0 aliphatic rings. The van der Waals surface area contributed by atoms with E-state index in [2.05, 4.69) is 0 Å². The van der Waals surface area contributed by atoms with Crippen LogP contribution in [0.25, 0.3) is 0 Å². The Bertz CT molecular complexity index is 328. The van der Waals surface area contributed by atoms with Gasteiger partial charge in [-0.2, -0.15) is 0 Å². The second-order valence-corrected chi connectivity index (χ2v) is 7.77. The first-order valence-corrected chi connectivity index (χ1v) is 7.59. The van der Waals surface area contributed by atoms with Crippen LogP contribution in [-0.4, -0.2) is 14.3 Å². The summed E-state index contributed by atoms with van der Waals surface area (Å²) >= 11 is 0. The van der Waals surface area contributed by atoms with Crippen molar-refractivity contribution >= 4 is 19.5 Å². The Labute approximate surface area is 86.0 Å². The molecule has 1 aromatic carbocycles. The van der Waals surface area contributed by atoms with Gasteiger partial charge in [0.25, 0.3) is 14.3 Å². The Morgan fingerprint density at radius 1 is 1.21 bits per heavy atom. The lowest BCUT2D eigenvalue weighted by Crippen LogP contribution is -2.45. The van der Waals surface area contributed by atoms with Crippen LogP contribution in [0.15, 0.2) is 24.3 Å². The molecular weight excluding hydrogens is 192 g/mol. The van der Waals surface area contributed by atoms with E-state index in [1.165, 1.54) is 12.5 Å². The molecule has 0 N–H and O–H groups in total. The van der Waals surface area contributed by atoms with Crippen LogP contribution in [0.2, 0.25) is 13.1 Å². The van der Waals surface area contributed by atoms with E-state index in [4.69, 9.17) is 4.43 Å². The molecule has 0 bridgehead atoms. The van der Waals surface area contributed by atoms with Crippen molar-refractivity contribution in [2.24, 2.45) is 0 Å². The predicted molar refractivity (Wildman–Crippen MR) is 60.1 cm³/mol. The molecule has 0 aliphatic heterocycles. The molecule has 0 radical (unpaired) electrons. The maximum atomic E-state index is 10.9. The van der Waals surface area contributed by atoms with Crippen LogP contribution < -0.4 is 5.19 Å². The summed E-state index contributed by atoms with van der Waals surface area (Å²) in [4.78, 5) is 10.9. The van der Waals surface area contributed by atoms with Gasteiger partial charge in [0.15, 0.2) is 0 Å². The summed E-state index contributed by atoms with van der Waals surface area (Å²) in [5.74, 6) is -0.192. The van der Waals surface area contributed by atoms with E-state index in [1.807, 2.05) is 44.3 Å². The number of carbonyl (C=O) groups is 1. The minimum absolute atomic E-state index is 0.192. The summed E-state index contributed by atoms with van der Waals surface area (Å²) in [5, 5.41) is 1.15. The third-order valence-corrected chi connectivity index (χ3v) is 4.67. The van der Waals surface area contributed by atoms with E-state index in [0.29, 0.717) is 0 Å². The van der Waals surface area contributed by atoms with Crippen LogP contribution in [-0.2, 0) is 9.22 Å². The van der Waals surface area contributed by atoms with Crippen molar-refractivity contribution in [3.8, 4) is 0 Å². The zero-order chi connectivity index (χ0) is 10.8. The summed E-state index contributed by atoms with van der Waals surface area (Å²) in [6.07, 6.45) is 0. The lowest BCUT2D eigenvalue weighted by molar-refractivity contribution is -0.132. The topological polar surface area (TPSA) is 26.3 Å². The van der Waals surface area contributed by atoms with Crippen molar-refractivity contribution in [1.82, 2.24) is 0 Å². The summed E-state index contributed by atoms with van der Waals surface area (Å²) in [6, 6.07) is 8.19. The zero-order valence-electron chi connectivity index (χ0n) is 9.13. The highest BCUT2D eigenvalue weighted by Gasteiger charge is 2.27. The number of carbonyl (C=O) groups excluding carboxylic acids is 1. The summed E-state index contributed by atoms with van der Waals surface area (Å²) in [6.45, 7) is 7.56. The minimum Gasteiger partial charge on any atom is -0.515 e. The lowest BCUT2D eigenvalue weighted by Gasteiger charge is -2.22. The van der Waals surface area contributed by atoms with Crippen molar-refractivity contribution in [2.45, 2.75) is 26.9 Å². The molecule has 0 spiro atoms. The molecule has 2 nitrogen and oxygen atoms in total. The van der Waals surface area contributed by atoms with Crippen molar-refractivity contribution < 1.29 is 9.22 Å². The maximum absolute atomic E-state index is 10.9. The largest absolute Gasteiger partial charge is 0.515 e. The monoisotopic (exact) mass is 208 g/mol. The molecule has 14 heavy (non-hydrogen) atoms. The molecule has 0 atom stereocenters. The smallest absolute Gasteiger partial charge is 0.289 e. The van der Waals surface area contributed by atoms with Crippen LogP contribution in [0, 0.1) is 6.92 Å². The molecular formula is C11H16O2Si. The van der Waals surface area contributed by atoms with E-state index in [-0.39, 0.29) is 5.97 Å². The van der Waals surface area contributed by atoms with Crippen LogP contribution in [0.4, 0.5) is 0 Å². The normalized spacial score (nSPS) is 11.1. The van der Waals surface area contributed by atoms with Gasteiger partial charge in [0.05, 0.1) is 0 Å². The molecule has 0 fully saturated rings. The number of hydrogen-bond donors (Lipinski definition) is 0. The third kappa shape index (κ3) is 2.70. The Kier molecular flexibility index (Phi) is 3.11. The van der Waals surface area contributed by atoms with Crippen molar-refractivity contribution in [1.29, 1.82) is 0 Å². The second-order valence-electron chi connectivity index (χ2n) is 3.97. The standard InChI is InChI=1S/C11H16O2Si/c1-9-5-7-11(8-6-9)14(3,4)13-10(2)12/h5-8H,1-4H3. The van der Waals surface area contributed by atoms with Gasteiger partial charge in [-0.1, -0.05) is 29.8 Å². The zero-order valence-corrected chi connectivity index (χ0v) is 10.1. The molecule has 76 valence electrons. The van der Waals surface area contributed by atoms with Gasteiger partial charge in [0.1, 0.15) is 0 Å². The predicted octanol–water partition coefficient (Wildman–Crippen LogP) is 1.97. The number of benzene rings is 1. The average molecular weight is 208 g/mol. The molecule has 1 aromatic rings. The van der Waals surface area contributed by atoms with Crippen LogP contribution in [0.1, 0.15) is 12.5 Å². The Morgan fingerprint density at radius 3 is 2.14 bits per heavy atom.